The zero-order valence-electron chi connectivity index (χ0n) is 16.2. The van der Waals surface area contributed by atoms with Crippen molar-refractivity contribution in [1.82, 2.24) is 9.78 Å². The van der Waals surface area contributed by atoms with Crippen molar-refractivity contribution >= 4 is 28.6 Å². The van der Waals surface area contributed by atoms with Crippen molar-refractivity contribution in [3.63, 3.8) is 0 Å². The number of benzene rings is 3. The Labute approximate surface area is 184 Å². The van der Waals surface area contributed by atoms with Crippen LogP contribution < -0.4 is 4.80 Å². The van der Waals surface area contributed by atoms with Gasteiger partial charge in [-0.2, -0.15) is 10.1 Å². The van der Waals surface area contributed by atoms with Gasteiger partial charge >= 0.3 is 0 Å². The largest absolute Gasteiger partial charge is 0.279 e. The number of carbonyl (C=O) groups excluding carboxylic acids is 1. The number of amides is 1. The number of nitro benzene ring substituents is 2. The first-order valence-corrected chi connectivity index (χ1v) is 9.98. The first-order chi connectivity index (χ1) is 15.4. The molecular formula is C21H13N5O5S. The van der Waals surface area contributed by atoms with Crippen LogP contribution in [0.25, 0.3) is 16.3 Å². The SMILES string of the molecule is O=C(N=c1sc(-c2ccc([N+](=O)[O-])cc2)nn1-c1ccc([N+](=O)[O-])cc1)c1ccccc1. The van der Waals surface area contributed by atoms with Crippen LogP contribution >= 0.6 is 11.3 Å². The Morgan fingerprint density at radius 1 is 0.844 bits per heavy atom. The Kier molecular flexibility index (Phi) is 5.64. The van der Waals surface area contributed by atoms with Crippen molar-refractivity contribution in [3.8, 4) is 16.3 Å². The van der Waals surface area contributed by atoms with Gasteiger partial charge in [0.1, 0.15) is 5.01 Å². The lowest BCUT2D eigenvalue weighted by Crippen LogP contribution is -2.16. The minimum Gasteiger partial charge on any atom is -0.267 e. The van der Waals surface area contributed by atoms with Crippen LogP contribution in [0, 0.1) is 20.2 Å². The number of carbonyl (C=O) groups is 1. The normalized spacial score (nSPS) is 11.3. The Hall–Kier alpha value is -4.51. The molecule has 158 valence electrons. The monoisotopic (exact) mass is 447 g/mol. The molecule has 32 heavy (non-hydrogen) atoms. The molecule has 0 radical (unpaired) electrons. The summed E-state index contributed by atoms with van der Waals surface area (Å²) < 4.78 is 1.41. The van der Waals surface area contributed by atoms with E-state index in [0.717, 1.165) is 11.3 Å². The topological polar surface area (TPSA) is 134 Å². The molecule has 0 fully saturated rings. The highest BCUT2D eigenvalue weighted by Crippen LogP contribution is 2.24. The summed E-state index contributed by atoms with van der Waals surface area (Å²) in [6.07, 6.45) is 0. The van der Waals surface area contributed by atoms with Crippen LogP contribution in [0.15, 0.2) is 83.9 Å². The molecule has 3 aromatic carbocycles. The Morgan fingerprint density at radius 3 is 1.97 bits per heavy atom. The summed E-state index contributed by atoms with van der Waals surface area (Å²) >= 11 is 1.12. The third-order valence-electron chi connectivity index (χ3n) is 4.41. The summed E-state index contributed by atoms with van der Waals surface area (Å²) in [5.41, 5.74) is 1.33. The van der Waals surface area contributed by atoms with Crippen LogP contribution in [-0.2, 0) is 0 Å². The molecule has 0 atom stereocenters. The molecule has 0 bridgehead atoms. The molecule has 0 saturated carbocycles. The average molecular weight is 447 g/mol. The predicted molar refractivity (Wildman–Crippen MR) is 117 cm³/mol. The lowest BCUT2D eigenvalue weighted by atomic mass is 10.2. The summed E-state index contributed by atoms with van der Waals surface area (Å²) in [5, 5.41) is 26.8. The van der Waals surface area contributed by atoms with Crippen LogP contribution in [0.1, 0.15) is 10.4 Å². The number of hydrogen-bond donors (Lipinski definition) is 0. The predicted octanol–water partition coefficient (Wildman–Crippen LogP) is 4.16. The number of hydrogen-bond acceptors (Lipinski definition) is 7. The van der Waals surface area contributed by atoms with Gasteiger partial charge in [0.15, 0.2) is 0 Å². The molecule has 1 aromatic heterocycles. The lowest BCUT2D eigenvalue weighted by molar-refractivity contribution is -0.385. The number of nitro groups is 2. The molecule has 0 aliphatic carbocycles. The fourth-order valence-electron chi connectivity index (χ4n) is 2.81. The van der Waals surface area contributed by atoms with E-state index in [9.17, 15) is 25.0 Å². The highest BCUT2D eigenvalue weighted by atomic mass is 32.1. The van der Waals surface area contributed by atoms with Gasteiger partial charge in [-0.3, -0.25) is 25.0 Å². The fraction of sp³-hybridized carbons (Fsp3) is 0. The quantitative estimate of drug-likeness (QED) is 0.333. The summed E-state index contributed by atoms with van der Waals surface area (Å²) in [4.78, 5) is 37.9. The van der Waals surface area contributed by atoms with Crippen molar-refractivity contribution < 1.29 is 14.6 Å². The minimum atomic E-state index is -0.512. The minimum absolute atomic E-state index is 0.0577. The molecule has 0 aliphatic rings. The third kappa shape index (κ3) is 4.32. The number of nitrogens with zero attached hydrogens (tertiary/aromatic N) is 5. The van der Waals surface area contributed by atoms with Gasteiger partial charge in [-0.1, -0.05) is 29.5 Å². The van der Waals surface area contributed by atoms with E-state index in [0.29, 0.717) is 21.8 Å². The van der Waals surface area contributed by atoms with Crippen LogP contribution in [-0.4, -0.2) is 25.5 Å². The van der Waals surface area contributed by atoms with Gasteiger partial charge in [0, 0.05) is 35.4 Å². The molecule has 1 amide bonds. The summed E-state index contributed by atoms with van der Waals surface area (Å²) in [5.74, 6) is -0.472. The molecular weight excluding hydrogens is 434 g/mol. The zero-order valence-corrected chi connectivity index (χ0v) is 17.0. The maximum absolute atomic E-state index is 12.6. The first-order valence-electron chi connectivity index (χ1n) is 9.16. The van der Waals surface area contributed by atoms with Crippen molar-refractivity contribution in [2.45, 2.75) is 0 Å². The molecule has 4 aromatic rings. The van der Waals surface area contributed by atoms with E-state index in [4.69, 9.17) is 0 Å². The van der Waals surface area contributed by atoms with Gasteiger partial charge in [0.2, 0.25) is 4.80 Å². The van der Waals surface area contributed by atoms with Gasteiger partial charge in [0.05, 0.1) is 15.5 Å². The van der Waals surface area contributed by atoms with Gasteiger partial charge in [-0.25, -0.2) is 4.68 Å². The van der Waals surface area contributed by atoms with Crippen LogP contribution in [0.5, 0.6) is 0 Å². The zero-order chi connectivity index (χ0) is 22.7. The highest BCUT2D eigenvalue weighted by molar-refractivity contribution is 7.12. The Bertz CT molecular complexity index is 1380. The smallest absolute Gasteiger partial charge is 0.267 e. The Balaban J connectivity index is 1.82. The van der Waals surface area contributed by atoms with E-state index in [1.165, 1.54) is 41.1 Å². The van der Waals surface area contributed by atoms with Gasteiger partial charge in [-0.05, 0) is 36.4 Å². The second-order valence-electron chi connectivity index (χ2n) is 6.46. The van der Waals surface area contributed by atoms with Gasteiger partial charge in [-0.15, -0.1) is 0 Å². The maximum atomic E-state index is 12.6. The van der Waals surface area contributed by atoms with E-state index in [1.54, 1.807) is 42.5 Å². The molecule has 0 saturated heterocycles. The fourth-order valence-corrected chi connectivity index (χ4v) is 3.72. The van der Waals surface area contributed by atoms with Gasteiger partial charge in [0.25, 0.3) is 17.3 Å². The maximum Gasteiger partial charge on any atom is 0.279 e. The molecule has 0 N–H and O–H groups in total. The van der Waals surface area contributed by atoms with E-state index >= 15 is 0 Å². The van der Waals surface area contributed by atoms with E-state index < -0.39 is 15.8 Å². The molecule has 0 aliphatic heterocycles. The number of aromatic nitrogens is 2. The van der Waals surface area contributed by atoms with E-state index in [2.05, 4.69) is 10.1 Å². The van der Waals surface area contributed by atoms with Crippen molar-refractivity contribution in [2.75, 3.05) is 0 Å². The molecule has 1 heterocycles. The average Bonchev–Trinajstić information content (AvgIpc) is 3.23. The standard InChI is InChI=1S/C21H13N5O5S/c27-19(14-4-2-1-3-5-14)22-21-24(16-10-12-18(13-11-16)26(30)31)23-20(32-21)15-6-8-17(9-7-15)25(28)29/h1-13H. The first kappa shape index (κ1) is 20.8. The van der Waals surface area contributed by atoms with Crippen molar-refractivity contribution in [2.24, 2.45) is 4.99 Å². The number of rotatable bonds is 5. The molecule has 11 heteroatoms. The summed E-state index contributed by atoms with van der Waals surface area (Å²) in [7, 11) is 0. The van der Waals surface area contributed by atoms with E-state index in [-0.39, 0.29) is 16.2 Å². The highest BCUT2D eigenvalue weighted by Gasteiger charge is 2.14. The number of non-ortho nitro benzene ring substituents is 2. The second-order valence-corrected chi connectivity index (χ2v) is 7.42. The van der Waals surface area contributed by atoms with Crippen molar-refractivity contribution in [3.05, 3.63) is 109 Å². The lowest BCUT2D eigenvalue weighted by Gasteiger charge is -2.01. The molecule has 0 spiro atoms. The van der Waals surface area contributed by atoms with Crippen LogP contribution in [0.3, 0.4) is 0 Å². The summed E-state index contributed by atoms with van der Waals surface area (Å²) in [6.45, 7) is 0. The molecule has 10 nitrogen and oxygen atoms in total. The van der Waals surface area contributed by atoms with Crippen LogP contribution in [0.2, 0.25) is 0 Å². The molecule has 0 unspecified atom stereocenters. The third-order valence-corrected chi connectivity index (χ3v) is 5.37. The molecule has 4 rings (SSSR count). The van der Waals surface area contributed by atoms with Gasteiger partial charge < -0.3 is 0 Å². The summed E-state index contributed by atoms with van der Waals surface area (Å²) in [6, 6.07) is 20.0. The Morgan fingerprint density at radius 2 is 1.41 bits per heavy atom. The van der Waals surface area contributed by atoms with Crippen LogP contribution in [0.4, 0.5) is 11.4 Å². The van der Waals surface area contributed by atoms with Crippen molar-refractivity contribution in [1.29, 1.82) is 0 Å². The second kappa shape index (κ2) is 8.70. The van der Waals surface area contributed by atoms with E-state index in [1.807, 2.05) is 0 Å².